The highest BCUT2D eigenvalue weighted by molar-refractivity contribution is 6.47. The van der Waals surface area contributed by atoms with Gasteiger partial charge in [0.05, 0.1) is 33.4 Å². The first-order valence-corrected chi connectivity index (χ1v) is 25.0. The van der Waals surface area contributed by atoms with Gasteiger partial charge in [-0.05, 0) is 118 Å². The molecule has 11 aromatic rings. The molecular formula is C62H48N4O4. The number of hydrogen-bond donors (Lipinski definition) is 0. The van der Waals surface area contributed by atoms with Gasteiger partial charge in [0, 0.05) is 54.6 Å². The molecule has 0 atom stereocenters. The van der Waals surface area contributed by atoms with E-state index in [1.807, 2.05) is 121 Å². The number of benzene rings is 9. The third-order valence-electron chi connectivity index (χ3n) is 15.2. The molecule has 0 aliphatic carbocycles. The van der Waals surface area contributed by atoms with Crippen molar-refractivity contribution >= 4 is 122 Å². The lowest BCUT2D eigenvalue weighted by atomic mass is 9.82. The Kier molecular flexibility index (Phi) is 9.77. The molecule has 9 aromatic carbocycles. The lowest BCUT2D eigenvalue weighted by Crippen LogP contribution is -2.41. The van der Waals surface area contributed by atoms with Crippen molar-refractivity contribution in [3.63, 3.8) is 0 Å². The fourth-order valence-electron chi connectivity index (χ4n) is 12.0. The second kappa shape index (κ2) is 16.3. The average molecular weight is 913 g/mol. The maximum atomic E-state index is 15.3. The number of amides is 4. The summed E-state index contributed by atoms with van der Waals surface area (Å²) in [6, 6.07) is 43.0. The molecule has 0 N–H and O–H groups in total. The molecule has 0 spiro atoms. The molecule has 0 fully saturated rings. The van der Waals surface area contributed by atoms with Crippen molar-refractivity contribution in [2.75, 3.05) is 9.80 Å². The van der Waals surface area contributed by atoms with Gasteiger partial charge in [-0.25, -0.2) is 19.8 Å². The van der Waals surface area contributed by atoms with Crippen LogP contribution in [-0.4, -0.2) is 33.6 Å². The van der Waals surface area contributed by atoms with E-state index in [0.717, 1.165) is 140 Å². The van der Waals surface area contributed by atoms with E-state index in [2.05, 4.69) is 26.0 Å². The Morgan fingerprint density at radius 3 is 1.06 bits per heavy atom. The van der Waals surface area contributed by atoms with Crippen LogP contribution in [0.3, 0.4) is 0 Å². The van der Waals surface area contributed by atoms with Gasteiger partial charge in [-0.2, -0.15) is 0 Å². The second-order valence-electron chi connectivity index (χ2n) is 19.2. The van der Waals surface area contributed by atoms with Gasteiger partial charge in [-0.15, -0.1) is 0 Å². The van der Waals surface area contributed by atoms with E-state index < -0.39 is 0 Å². The maximum Gasteiger partial charge on any atom is 0.266 e. The predicted molar refractivity (Wildman–Crippen MR) is 284 cm³/mol. The summed E-state index contributed by atoms with van der Waals surface area (Å²) >= 11 is 0. The highest BCUT2D eigenvalue weighted by atomic mass is 16.2. The summed E-state index contributed by atoms with van der Waals surface area (Å²) in [5.74, 6) is -1.53. The first-order chi connectivity index (χ1) is 34.4. The van der Waals surface area contributed by atoms with E-state index >= 15 is 19.2 Å². The van der Waals surface area contributed by atoms with E-state index in [-0.39, 0.29) is 23.6 Å². The Hall–Kier alpha value is -8.10. The number of pyridine rings is 2. The first-order valence-electron chi connectivity index (χ1n) is 25.0. The quantitative estimate of drug-likeness (QED) is 0.0524. The summed E-state index contributed by atoms with van der Waals surface area (Å²) in [6.45, 7) is 4.40. The molecule has 8 nitrogen and oxygen atoms in total. The summed E-state index contributed by atoms with van der Waals surface area (Å²) < 4.78 is 0. The molecule has 4 heterocycles. The Bertz CT molecular complexity index is 3710. The van der Waals surface area contributed by atoms with E-state index in [1.54, 1.807) is 0 Å². The van der Waals surface area contributed by atoms with E-state index in [1.165, 1.54) is 9.80 Å². The van der Waals surface area contributed by atoms with E-state index in [4.69, 9.17) is 9.97 Å². The smallest absolute Gasteiger partial charge is 0.266 e. The van der Waals surface area contributed by atoms with Crippen molar-refractivity contribution in [3.8, 4) is 0 Å². The minimum atomic E-state index is -0.382. The third kappa shape index (κ3) is 6.01. The van der Waals surface area contributed by atoms with Gasteiger partial charge in [0.1, 0.15) is 0 Å². The lowest BCUT2D eigenvalue weighted by Gasteiger charge is -2.31. The van der Waals surface area contributed by atoms with Gasteiger partial charge in [0.2, 0.25) is 0 Å². The molecule has 70 heavy (non-hydrogen) atoms. The number of imide groups is 2. The second-order valence-corrected chi connectivity index (χ2v) is 19.2. The first kappa shape index (κ1) is 42.0. The monoisotopic (exact) mass is 912 g/mol. The van der Waals surface area contributed by atoms with Crippen LogP contribution in [0.1, 0.15) is 118 Å². The van der Waals surface area contributed by atoms with Crippen LogP contribution in [0, 0.1) is 0 Å². The number of para-hydroxylation sites is 2. The molecule has 0 bridgehead atoms. The van der Waals surface area contributed by atoms with Crippen LogP contribution in [0.15, 0.2) is 133 Å². The molecule has 2 aliphatic heterocycles. The summed E-state index contributed by atoms with van der Waals surface area (Å²) in [4.78, 5) is 74.1. The van der Waals surface area contributed by atoms with Crippen molar-refractivity contribution in [1.82, 2.24) is 9.97 Å². The molecule has 0 unspecified atom stereocenters. The van der Waals surface area contributed by atoms with Gasteiger partial charge in [-0.1, -0.05) is 137 Å². The number of nitrogens with zero attached hydrogens (tertiary/aromatic N) is 4. The summed E-state index contributed by atoms with van der Waals surface area (Å²) in [5.41, 5.74) is 8.00. The molecule has 2 aromatic heterocycles. The topological polar surface area (TPSA) is 101 Å². The van der Waals surface area contributed by atoms with Crippen molar-refractivity contribution in [3.05, 3.63) is 167 Å². The number of unbranched alkanes of at least 4 members (excludes halogenated alkanes) is 6. The van der Waals surface area contributed by atoms with Gasteiger partial charge in [-0.3, -0.25) is 19.2 Å². The number of fused-ring (bicyclic) bond motifs is 6. The summed E-state index contributed by atoms with van der Waals surface area (Å²) in [5, 5.41) is 9.38. The number of rotatable bonds is 12. The lowest BCUT2D eigenvalue weighted by molar-refractivity contribution is 0.0878. The van der Waals surface area contributed by atoms with Crippen LogP contribution in [0.4, 0.5) is 11.4 Å². The Balaban J connectivity index is 0.979. The van der Waals surface area contributed by atoms with E-state index in [9.17, 15) is 0 Å². The van der Waals surface area contributed by atoms with Gasteiger partial charge < -0.3 is 0 Å². The van der Waals surface area contributed by atoms with Crippen molar-refractivity contribution in [1.29, 1.82) is 0 Å². The van der Waals surface area contributed by atoms with Crippen LogP contribution in [-0.2, 0) is 12.8 Å². The van der Waals surface area contributed by atoms with Crippen LogP contribution in [0.5, 0.6) is 0 Å². The zero-order valence-electron chi connectivity index (χ0n) is 39.2. The number of carbonyl (C=O) groups is 4. The van der Waals surface area contributed by atoms with Crippen molar-refractivity contribution in [2.24, 2.45) is 0 Å². The summed E-state index contributed by atoms with van der Waals surface area (Å²) in [7, 11) is 0. The molecular weight excluding hydrogens is 865 g/mol. The van der Waals surface area contributed by atoms with Crippen molar-refractivity contribution < 1.29 is 19.2 Å². The third-order valence-corrected chi connectivity index (χ3v) is 15.2. The largest absolute Gasteiger partial charge is 0.268 e. The van der Waals surface area contributed by atoms with Crippen LogP contribution in [0.2, 0.25) is 0 Å². The summed E-state index contributed by atoms with van der Waals surface area (Å²) in [6.07, 6.45) is 10.3. The highest BCUT2D eigenvalue weighted by Crippen LogP contribution is 2.49. The van der Waals surface area contributed by atoms with Crippen LogP contribution in [0.25, 0.3) is 86.7 Å². The zero-order chi connectivity index (χ0) is 47.4. The predicted octanol–water partition coefficient (Wildman–Crippen LogP) is 15.0. The van der Waals surface area contributed by atoms with Crippen LogP contribution < -0.4 is 9.80 Å². The number of aromatic nitrogens is 2. The highest BCUT2D eigenvalue weighted by Gasteiger charge is 2.40. The maximum absolute atomic E-state index is 15.3. The molecule has 8 heteroatoms. The average Bonchev–Trinajstić information content (AvgIpc) is 3.39. The Labute approximate surface area is 403 Å². The number of anilines is 2. The number of aryl methyl sites for hydroxylation is 2. The number of carbonyl (C=O) groups excluding carboxylic acids is 4. The van der Waals surface area contributed by atoms with E-state index in [0.29, 0.717) is 55.4 Å². The zero-order valence-corrected chi connectivity index (χ0v) is 39.2. The minimum Gasteiger partial charge on any atom is -0.268 e. The molecule has 13 rings (SSSR count). The molecule has 0 saturated carbocycles. The Morgan fingerprint density at radius 2 is 0.686 bits per heavy atom. The molecule has 0 saturated heterocycles. The fourth-order valence-corrected chi connectivity index (χ4v) is 12.0. The number of hydrogen-bond acceptors (Lipinski definition) is 6. The fraction of sp³-hybridized carbons (Fsp3) is 0.194. The Morgan fingerprint density at radius 1 is 0.329 bits per heavy atom. The molecule has 0 radical (unpaired) electrons. The molecule has 2 aliphatic rings. The van der Waals surface area contributed by atoms with Crippen LogP contribution >= 0.6 is 0 Å². The standard InChI is InChI=1S/C62H48N4O4/c1-3-5-7-9-17-35-19-15-25-49-51(35)57(41-21-11-13-23-47(41)63-49)65-59(67)43-31-27-37-39-29-33-45-56-46(34-30-40(54(39)56)38-28-32-44(60(65)68)55(43)53(37)38)62(70)66(61(45)69)58-42-22-12-14-24-48(42)64-50-26-16-20-36(52(50)58)18-10-8-6-4-2/h11-16,19-34H,3-10,17-18H2,1-2H3. The van der Waals surface area contributed by atoms with Gasteiger partial charge >= 0.3 is 0 Å². The van der Waals surface area contributed by atoms with Gasteiger partial charge in [0.15, 0.2) is 0 Å². The molecule has 4 amide bonds. The van der Waals surface area contributed by atoms with Crippen molar-refractivity contribution in [2.45, 2.75) is 78.1 Å². The van der Waals surface area contributed by atoms with Gasteiger partial charge in [0.25, 0.3) is 23.6 Å². The SMILES string of the molecule is CCCCCCc1cccc2nc3ccccc3c(N3C(=O)c4ccc5c6ccc7c8c(ccc(c9ccc(c4c59)C3=O)c86)C(=O)N(c3c4ccccc4nc4cccc(CCCCCC)c34)C7=O)c12. The normalized spacial score (nSPS) is 13.9. The molecule has 340 valence electrons. The minimum absolute atomic E-state index is 0.382.